The third kappa shape index (κ3) is 1.58. The maximum absolute atomic E-state index is 10.9. The van der Waals surface area contributed by atoms with Gasteiger partial charge in [0.2, 0.25) is 0 Å². The zero-order chi connectivity index (χ0) is 11.3. The third-order valence-corrected chi connectivity index (χ3v) is 6.20. The van der Waals surface area contributed by atoms with Gasteiger partial charge in [0, 0.05) is 16.6 Å². The van der Waals surface area contributed by atoms with E-state index < -0.39 is 5.60 Å². The fourth-order valence-corrected chi connectivity index (χ4v) is 5.12. The molecule has 0 aliphatic carbocycles. The van der Waals surface area contributed by atoms with Gasteiger partial charge in [0.25, 0.3) is 0 Å². The van der Waals surface area contributed by atoms with Crippen LogP contribution in [0.3, 0.4) is 0 Å². The zero-order valence-electron chi connectivity index (χ0n) is 9.32. The third-order valence-electron chi connectivity index (χ3n) is 4.17. The van der Waals surface area contributed by atoms with Gasteiger partial charge in [0.05, 0.1) is 4.88 Å². The van der Waals surface area contributed by atoms with E-state index in [9.17, 15) is 5.11 Å². The first-order chi connectivity index (χ1) is 7.60. The molecule has 2 aliphatic rings. The van der Waals surface area contributed by atoms with Gasteiger partial charge in [-0.05, 0) is 60.1 Å². The lowest BCUT2D eigenvalue weighted by Crippen LogP contribution is -2.47. The number of rotatable bonds is 1. The smallest absolute Gasteiger partial charge is 0.103 e. The Balaban J connectivity index is 1.94. The minimum atomic E-state index is -0.592. The molecule has 2 unspecified atom stereocenters. The maximum atomic E-state index is 10.9. The predicted molar refractivity (Wildman–Crippen MR) is 69.7 cm³/mol. The largest absolute Gasteiger partial charge is 0.384 e. The predicted octanol–water partition coefficient (Wildman–Crippen LogP) is 2.95. The van der Waals surface area contributed by atoms with Crippen molar-refractivity contribution < 1.29 is 5.11 Å². The molecule has 2 fully saturated rings. The molecular weight excluding hydrogens is 286 g/mol. The Morgan fingerprint density at radius 2 is 2.06 bits per heavy atom. The highest BCUT2D eigenvalue weighted by Gasteiger charge is 2.47. The number of piperidine rings is 1. The molecule has 2 atom stereocenters. The number of hydrogen-bond acceptors (Lipinski definition) is 3. The number of hydrogen-bond donors (Lipinski definition) is 1. The Morgan fingerprint density at radius 1 is 1.44 bits per heavy atom. The second kappa shape index (κ2) is 3.80. The Kier molecular flexibility index (Phi) is 2.66. The Morgan fingerprint density at radius 3 is 2.56 bits per heavy atom. The van der Waals surface area contributed by atoms with Crippen LogP contribution < -0.4 is 0 Å². The van der Waals surface area contributed by atoms with E-state index in [1.165, 1.54) is 12.8 Å². The molecule has 2 saturated heterocycles. The van der Waals surface area contributed by atoms with Gasteiger partial charge in [0.15, 0.2) is 0 Å². The SMILES string of the molecule is CN1C2CCC1CC(O)(c1sccc1Br)C2. The van der Waals surface area contributed by atoms with Crippen LogP contribution >= 0.6 is 27.3 Å². The normalized spacial score (nSPS) is 39.2. The van der Waals surface area contributed by atoms with Gasteiger partial charge in [-0.15, -0.1) is 11.3 Å². The second-order valence-electron chi connectivity index (χ2n) is 5.09. The van der Waals surface area contributed by atoms with Gasteiger partial charge in [-0.2, -0.15) is 0 Å². The van der Waals surface area contributed by atoms with Crippen molar-refractivity contribution in [3.8, 4) is 0 Å². The van der Waals surface area contributed by atoms with Crippen molar-refractivity contribution >= 4 is 27.3 Å². The maximum Gasteiger partial charge on any atom is 0.103 e. The van der Waals surface area contributed by atoms with Crippen molar-refractivity contribution in [3.63, 3.8) is 0 Å². The number of fused-ring (bicyclic) bond motifs is 2. The van der Waals surface area contributed by atoms with E-state index in [0.29, 0.717) is 12.1 Å². The molecule has 0 radical (unpaired) electrons. The number of halogens is 1. The molecule has 1 aromatic rings. The molecular formula is C12H16BrNOS. The Bertz CT molecular complexity index is 391. The van der Waals surface area contributed by atoms with Crippen LogP contribution in [0.2, 0.25) is 0 Å². The van der Waals surface area contributed by atoms with Crippen LogP contribution in [0.1, 0.15) is 30.6 Å². The van der Waals surface area contributed by atoms with E-state index in [0.717, 1.165) is 22.2 Å². The number of aliphatic hydroxyl groups is 1. The first-order valence-corrected chi connectivity index (χ1v) is 7.45. The summed E-state index contributed by atoms with van der Waals surface area (Å²) in [6.07, 6.45) is 4.26. The van der Waals surface area contributed by atoms with E-state index in [1.807, 2.05) is 6.07 Å². The van der Waals surface area contributed by atoms with Crippen molar-refractivity contribution in [1.82, 2.24) is 4.90 Å². The van der Waals surface area contributed by atoms with Crippen molar-refractivity contribution in [2.75, 3.05) is 7.05 Å². The van der Waals surface area contributed by atoms with Crippen molar-refractivity contribution in [2.24, 2.45) is 0 Å². The molecule has 1 N–H and O–H groups in total. The molecule has 2 aliphatic heterocycles. The summed E-state index contributed by atoms with van der Waals surface area (Å²) in [5, 5.41) is 12.9. The van der Waals surface area contributed by atoms with E-state index in [2.05, 4.69) is 33.3 Å². The minimum absolute atomic E-state index is 0.567. The summed E-state index contributed by atoms with van der Waals surface area (Å²) >= 11 is 5.22. The van der Waals surface area contributed by atoms with E-state index in [1.54, 1.807) is 11.3 Å². The highest BCUT2D eigenvalue weighted by atomic mass is 79.9. The van der Waals surface area contributed by atoms with Crippen LogP contribution in [0.15, 0.2) is 15.9 Å². The van der Waals surface area contributed by atoms with E-state index >= 15 is 0 Å². The second-order valence-corrected chi connectivity index (χ2v) is 6.86. The van der Waals surface area contributed by atoms with Gasteiger partial charge < -0.3 is 10.0 Å². The van der Waals surface area contributed by atoms with Crippen molar-refractivity contribution in [3.05, 3.63) is 20.8 Å². The van der Waals surface area contributed by atoms with Crippen LogP contribution in [-0.2, 0) is 5.60 Å². The van der Waals surface area contributed by atoms with Gasteiger partial charge in [-0.3, -0.25) is 0 Å². The summed E-state index contributed by atoms with van der Waals surface area (Å²) in [6, 6.07) is 3.17. The first kappa shape index (κ1) is 11.2. The van der Waals surface area contributed by atoms with Crippen molar-refractivity contribution in [1.29, 1.82) is 0 Å². The summed E-state index contributed by atoms with van der Waals surface area (Å²) in [6.45, 7) is 0. The first-order valence-electron chi connectivity index (χ1n) is 5.78. The topological polar surface area (TPSA) is 23.5 Å². The van der Waals surface area contributed by atoms with Gasteiger partial charge in [-0.1, -0.05) is 0 Å². The number of thiophene rings is 1. The highest BCUT2D eigenvalue weighted by molar-refractivity contribution is 9.10. The Hall–Kier alpha value is 0.100. The zero-order valence-corrected chi connectivity index (χ0v) is 11.7. The van der Waals surface area contributed by atoms with Crippen LogP contribution in [0.4, 0.5) is 0 Å². The molecule has 3 heterocycles. The van der Waals surface area contributed by atoms with Crippen LogP contribution in [0.5, 0.6) is 0 Å². The summed E-state index contributed by atoms with van der Waals surface area (Å²) in [5.41, 5.74) is -0.592. The lowest BCUT2D eigenvalue weighted by Gasteiger charge is -2.41. The molecule has 0 spiro atoms. The molecule has 0 aromatic carbocycles. The standard InChI is InChI=1S/C12H16BrNOS/c1-14-8-2-3-9(14)7-12(15,6-8)11-10(13)4-5-16-11/h4-5,8-9,15H,2-3,6-7H2,1H3. The van der Waals surface area contributed by atoms with Crippen molar-refractivity contribution in [2.45, 2.75) is 43.4 Å². The quantitative estimate of drug-likeness (QED) is 0.862. The molecule has 2 nitrogen and oxygen atoms in total. The highest BCUT2D eigenvalue weighted by Crippen LogP contribution is 2.48. The van der Waals surface area contributed by atoms with Gasteiger partial charge >= 0.3 is 0 Å². The molecule has 88 valence electrons. The van der Waals surface area contributed by atoms with Crippen LogP contribution in [0, 0.1) is 0 Å². The molecule has 0 saturated carbocycles. The summed E-state index contributed by atoms with van der Waals surface area (Å²) < 4.78 is 1.07. The van der Waals surface area contributed by atoms with Crippen LogP contribution in [-0.4, -0.2) is 29.1 Å². The van der Waals surface area contributed by atoms with E-state index in [-0.39, 0.29) is 0 Å². The molecule has 4 heteroatoms. The lowest BCUT2D eigenvalue weighted by atomic mass is 9.85. The monoisotopic (exact) mass is 301 g/mol. The fourth-order valence-electron chi connectivity index (χ4n) is 3.26. The molecule has 3 rings (SSSR count). The molecule has 16 heavy (non-hydrogen) atoms. The average Bonchev–Trinajstić information content (AvgIpc) is 2.73. The molecule has 0 amide bonds. The fraction of sp³-hybridized carbons (Fsp3) is 0.667. The molecule has 1 aromatic heterocycles. The minimum Gasteiger partial charge on any atom is -0.384 e. The van der Waals surface area contributed by atoms with E-state index in [4.69, 9.17) is 0 Å². The summed E-state index contributed by atoms with van der Waals surface area (Å²) in [7, 11) is 2.20. The molecule has 2 bridgehead atoms. The van der Waals surface area contributed by atoms with Crippen LogP contribution in [0.25, 0.3) is 0 Å². The summed E-state index contributed by atoms with van der Waals surface area (Å²) in [4.78, 5) is 3.58. The summed E-state index contributed by atoms with van der Waals surface area (Å²) in [5.74, 6) is 0. The lowest BCUT2D eigenvalue weighted by molar-refractivity contribution is -0.0470. The van der Waals surface area contributed by atoms with Gasteiger partial charge in [0.1, 0.15) is 5.60 Å². The Labute approximate surface area is 108 Å². The number of nitrogens with zero attached hydrogens (tertiary/aromatic N) is 1. The van der Waals surface area contributed by atoms with Gasteiger partial charge in [-0.25, -0.2) is 0 Å². The average molecular weight is 302 g/mol.